The van der Waals surface area contributed by atoms with Crippen molar-refractivity contribution in [3.63, 3.8) is 0 Å². The SMILES string of the molecule is CCCCCCCCCCCCCCCCCCC(CCCCCCCCCCCCCCCCCC)(C(O)=[P+]([O-])CC)[N+](C)(C)C. The molecule has 0 spiro atoms. The van der Waals surface area contributed by atoms with Gasteiger partial charge in [0.1, 0.15) is 6.16 Å². The minimum absolute atomic E-state index is 0.310. The van der Waals surface area contributed by atoms with E-state index in [2.05, 4.69) is 35.0 Å². The van der Waals surface area contributed by atoms with Gasteiger partial charge in [-0.15, -0.1) is 0 Å². The number of hydrogen-bond acceptors (Lipinski definition) is 1. The van der Waals surface area contributed by atoms with Gasteiger partial charge in [-0.3, -0.25) is 0 Å². The van der Waals surface area contributed by atoms with Crippen molar-refractivity contribution in [3.05, 3.63) is 0 Å². The zero-order valence-corrected chi connectivity index (χ0v) is 34.4. The number of nitrogens with zero attached hydrogens (tertiary/aromatic N) is 1. The third-order valence-electron chi connectivity index (χ3n) is 11.1. The first-order valence-corrected chi connectivity index (χ1v) is 23.0. The van der Waals surface area contributed by atoms with Crippen LogP contribution in [0.15, 0.2) is 0 Å². The van der Waals surface area contributed by atoms with Gasteiger partial charge in [-0.1, -0.05) is 206 Å². The molecule has 1 unspecified atom stereocenters. The van der Waals surface area contributed by atoms with Crippen LogP contribution in [0.4, 0.5) is 0 Å². The van der Waals surface area contributed by atoms with Crippen LogP contribution in [-0.4, -0.2) is 47.9 Å². The second-order valence-corrected chi connectivity index (χ2v) is 18.0. The molecule has 4 heteroatoms. The molecule has 282 valence electrons. The summed E-state index contributed by atoms with van der Waals surface area (Å²) in [5.41, 5.74) is -0.0699. The van der Waals surface area contributed by atoms with Crippen molar-refractivity contribution in [3.8, 4) is 0 Å². The largest absolute Gasteiger partial charge is 0.628 e. The Labute approximate surface area is 298 Å². The highest BCUT2D eigenvalue weighted by Gasteiger charge is 2.50. The number of aliphatic hydroxyl groups is 1. The van der Waals surface area contributed by atoms with Gasteiger partial charge in [-0.2, -0.15) is 0 Å². The van der Waals surface area contributed by atoms with E-state index in [4.69, 9.17) is 0 Å². The van der Waals surface area contributed by atoms with E-state index >= 15 is 0 Å². The van der Waals surface area contributed by atoms with E-state index in [1.165, 1.54) is 193 Å². The van der Waals surface area contributed by atoms with E-state index in [1.807, 2.05) is 6.92 Å². The molecule has 0 bridgehead atoms. The highest BCUT2D eigenvalue weighted by atomic mass is 31.1. The van der Waals surface area contributed by atoms with Gasteiger partial charge < -0.3 is 14.5 Å². The van der Waals surface area contributed by atoms with Crippen LogP contribution < -0.4 is 4.89 Å². The van der Waals surface area contributed by atoms with Crippen LogP contribution in [0.5, 0.6) is 0 Å². The average molecular weight is 683 g/mol. The maximum Gasteiger partial charge on any atom is 0.280 e. The molecule has 0 amide bonds. The van der Waals surface area contributed by atoms with Crippen LogP contribution in [0.3, 0.4) is 0 Å². The van der Waals surface area contributed by atoms with Gasteiger partial charge in [-0.05, 0) is 19.8 Å². The molecular weight excluding hydrogens is 593 g/mol. The maximum atomic E-state index is 13.0. The number of quaternary nitrogens is 1. The van der Waals surface area contributed by atoms with Crippen molar-refractivity contribution >= 4 is 13.3 Å². The topological polar surface area (TPSA) is 43.3 Å². The zero-order valence-electron chi connectivity index (χ0n) is 33.5. The summed E-state index contributed by atoms with van der Waals surface area (Å²) < 4.78 is 0.678. The Morgan fingerprint density at radius 1 is 0.426 bits per heavy atom. The molecule has 0 radical (unpaired) electrons. The summed E-state index contributed by atoms with van der Waals surface area (Å²) in [4.78, 5) is 13.0. The first-order valence-electron chi connectivity index (χ1n) is 21.6. The van der Waals surface area contributed by atoms with Gasteiger partial charge in [0, 0.05) is 12.8 Å². The summed E-state index contributed by atoms with van der Waals surface area (Å²) in [6, 6.07) is 0. The molecule has 0 fully saturated rings. The van der Waals surface area contributed by atoms with Crippen LogP contribution in [0, 0.1) is 0 Å². The molecule has 0 aromatic carbocycles. The van der Waals surface area contributed by atoms with E-state index in [1.54, 1.807) is 0 Å². The van der Waals surface area contributed by atoms with Crippen LogP contribution in [0.2, 0.25) is 0 Å². The van der Waals surface area contributed by atoms with E-state index < -0.39 is 7.77 Å². The highest BCUT2D eigenvalue weighted by molar-refractivity contribution is 7.51. The van der Waals surface area contributed by atoms with Gasteiger partial charge in [0.15, 0.2) is 5.54 Å². The molecule has 0 aromatic heterocycles. The fourth-order valence-electron chi connectivity index (χ4n) is 7.63. The molecule has 0 aliphatic rings. The molecule has 0 saturated heterocycles. The predicted molar refractivity (Wildman–Crippen MR) is 213 cm³/mol. The molecule has 1 N–H and O–H groups in total. The summed E-state index contributed by atoms with van der Waals surface area (Å²) in [5, 5.41) is 11.4. The zero-order chi connectivity index (χ0) is 34.9. The van der Waals surface area contributed by atoms with Crippen LogP contribution in [-0.2, 0) is 0 Å². The van der Waals surface area contributed by atoms with Gasteiger partial charge >= 0.3 is 0 Å². The molecule has 0 aliphatic heterocycles. The third-order valence-corrected chi connectivity index (χ3v) is 12.6. The van der Waals surface area contributed by atoms with Crippen molar-refractivity contribution in [2.24, 2.45) is 0 Å². The first kappa shape index (κ1) is 47.0. The number of rotatable bonds is 37. The van der Waals surface area contributed by atoms with Crippen LogP contribution in [0.25, 0.3) is 0 Å². The second kappa shape index (κ2) is 33.2. The molecule has 47 heavy (non-hydrogen) atoms. The van der Waals surface area contributed by atoms with Gasteiger partial charge in [0.25, 0.3) is 5.48 Å². The fourth-order valence-corrected chi connectivity index (χ4v) is 8.92. The molecule has 3 nitrogen and oxygen atoms in total. The summed E-state index contributed by atoms with van der Waals surface area (Å²) in [6.07, 6.45) is 46.4. The average Bonchev–Trinajstić information content (AvgIpc) is 3.05. The van der Waals surface area contributed by atoms with Gasteiger partial charge in [0.05, 0.1) is 28.9 Å². The maximum absolute atomic E-state index is 13.0. The summed E-state index contributed by atoms with van der Waals surface area (Å²) >= 11 is 0. The number of hydrogen-bond donors (Lipinski definition) is 1. The van der Waals surface area contributed by atoms with Crippen molar-refractivity contribution in [2.75, 3.05) is 27.3 Å². The number of likely N-dealkylation sites (N-methyl/N-ethyl adjacent to an activating group) is 1. The van der Waals surface area contributed by atoms with Crippen LogP contribution in [0.1, 0.15) is 239 Å². The fraction of sp³-hybridized carbons (Fsp3) is 0.977. The quantitative estimate of drug-likeness (QED) is 0.0403. The Balaban J connectivity index is 4.26. The summed E-state index contributed by atoms with van der Waals surface area (Å²) in [5.74, 6) is 0. The molecule has 0 aliphatic carbocycles. The smallest absolute Gasteiger partial charge is 0.280 e. The lowest BCUT2D eigenvalue weighted by Gasteiger charge is -2.44. The normalized spacial score (nSPS) is 13.0. The van der Waals surface area contributed by atoms with Gasteiger partial charge in [-0.25, -0.2) is 0 Å². The highest BCUT2D eigenvalue weighted by Crippen LogP contribution is 2.37. The lowest BCUT2D eigenvalue weighted by Crippen LogP contribution is -2.62. The number of aliphatic hydroxyl groups excluding tert-OH is 1. The summed E-state index contributed by atoms with van der Waals surface area (Å²) in [7, 11) is 4.97. The molecule has 0 heterocycles. The molecule has 1 atom stereocenters. The predicted octanol–water partition coefficient (Wildman–Crippen LogP) is 14.0. The summed E-state index contributed by atoms with van der Waals surface area (Å²) in [6.45, 7) is 6.55. The molecule has 0 rings (SSSR count). The van der Waals surface area contributed by atoms with Crippen molar-refractivity contribution in [2.45, 2.75) is 245 Å². The minimum atomic E-state index is -1.67. The Morgan fingerprint density at radius 2 is 0.638 bits per heavy atom. The Bertz CT molecular complexity index is 650. The van der Waals surface area contributed by atoms with E-state index in [-0.39, 0.29) is 5.54 Å². The van der Waals surface area contributed by atoms with Crippen molar-refractivity contribution < 1.29 is 14.5 Å². The number of unbranched alkanes of at least 4 members (excludes halogenated alkanes) is 30. The second-order valence-electron chi connectivity index (χ2n) is 16.2. The Hall–Kier alpha value is 0.0500. The van der Waals surface area contributed by atoms with Crippen LogP contribution >= 0.6 is 7.77 Å². The minimum Gasteiger partial charge on any atom is -0.628 e. The molecule has 0 aromatic rings. The lowest BCUT2D eigenvalue weighted by atomic mass is 9.84. The standard InChI is InChI=1S/C43H88NO2P/c1-7-10-12-14-16-18-20-22-24-26-28-30-32-34-36-38-40-43(44(4,5)6,42(45)47(46)9-3)41-39-37-35-33-31-29-27-25-23-21-19-17-15-13-11-8-2/h7-41H2,1-6H3/p+1. The molecule has 0 saturated carbocycles. The third kappa shape index (κ3) is 25.6. The Morgan fingerprint density at radius 3 is 0.830 bits per heavy atom. The molecular formula is C43H89NO2P+. The Kier molecular flexibility index (Phi) is 33.2. The first-order chi connectivity index (χ1) is 22.8. The van der Waals surface area contributed by atoms with Crippen molar-refractivity contribution in [1.29, 1.82) is 0 Å². The van der Waals surface area contributed by atoms with Crippen molar-refractivity contribution in [1.82, 2.24) is 0 Å². The van der Waals surface area contributed by atoms with E-state index in [0.29, 0.717) is 16.1 Å². The van der Waals surface area contributed by atoms with E-state index in [9.17, 15) is 10.00 Å². The monoisotopic (exact) mass is 683 g/mol. The van der Waals surface area contributed by atoms with E-state index in [0.717, 1.165) is 25.7 Å². The van der Waals surface area contributed by atoms with Gasteiger partial charge in [0.2, 0.25) is 0 Å². The lowest BCUT2D eigenvalue weighted by molar-refractivity contribution is -0.913.